The molecular weight excluding hydrogens is 316 g/mol. The highest BCUT2D eigenvalue weighted by Gasteiger charge is 2.52. The zero-order valence-corrected chi connectivity index (χ0v) is 14.3. The van der Waals surface area contributed by atoms with E-state index in [1.54, 1.807) is 0 Å². The summed E-state index contributed by atoms with van der Waals surface area (Å²) in [5, 5.41) is 9.55. The van der Waals surface area contributed by atoms with Crippen LogP contribution in [-0.4, -0.2) is 53.0 Å². The number of hydrogen-bond donors (Lipinski definition) is 1. The lowest BCUT2D eigenvalue weighted by atomic mass is 9.82. The summed E-state index contributed by atoms with van der Waals surface area (Å²) in [5.74, 6) is -1.53. The van der Waals surface area contributed by atoms with Gasteiger partial charge in [0.15, 0.2) is 0 Å². The normalized spacial score (nSPS) is 31.4. The highest BCUT2D eigenvalue weighted by Crippen LogP contribution is 2.48. The molecule has 0 spiro atoms. The Hall–Kier alpha value is -2.14. The summed E-state index contributed by atoms with van der Waals surface area (Å²) in [6, 6.07) is 10.4. The molecule has 1 saturated carbocycles. The van der Waals surface area contributed by atoms with Gasteiger partial charge in [-0.25, -0.2) is 0 Å². The van der Waals surface area contributed by atoms with Crippen LogP contribution >= 0.6 is 0 Å². The van der Waals surface area contributed by atoms with Crippen LogP contribution in [0.15, 0.2) is 42.5 Å². The average Bonchev–Trinajstić information content (AvgIpc) is 3.24. The van der Waals surface area contributed by atoms with E-state index in [0.29, 0.717) is 13.1 Å². The number of piperazine rings is 1. The Labute approximate surface area is 147 Å². The number of aliphatic carboxylic acids is 1. The topological polar surface area (TPSA) is 60.9 Å². The number of allylic oxidation sites excluding steroid dienone is 2. The molecule has 1 aliphatic heterocycles. The van der Waals surface area contributed by atoms with Gasteiger partial charge in [-0.1, -0.05) is 42.5 Å². The largest absolute Gasteiger partial charge is 0.481 e. The van der Waals surface area contributed by atoms with Gasteiger partial charge in [0.05, 0.1) is 11.8 Å². The van der Waals surface area contributed by atoms with Crippen molar-refractivity contribution in [3.63, 3.8) is 0 Å². The Morgan fingerprint density at radius 2 is 1.60 bits per heavy atom. The van der Waals surface area contributed by atoms with Crippen LogP contribution in [0.2, 0.25) is 0 Å². The van der Waals surface area contributed by atoms with Crippen molar-refractivity contribution in [1.29, 1.82) is 0 Å². The maximum atomic E-state index is 13.0. The molecule has 132 valence electrons. The second kappa shape index (κ2) is 6.64. The highest BCUT2D eigenvalue weighted by atomic mass is 16.4. The molecule has 3 aliphatic rings. The molecule has 5 nitrogen and oxygen atoms in total. The first kappa shape index (κ1) is 16.3. The van der Waals surface area contributed by atoms with E-state index in [1.807, 2.05) is 29.2 Å². The third kappa shape index (κ3) is 3.09. The van der Waals surface area contributed by atoms with Gasteiger partial charge in [0, 0.05) is 32.7 Å². The summed E-state index contributed by atoms with van der Waals surface area (Å²) in [6.07, 6.45) is 4.87. The Morgan fingerprint density at radius 3 is 2.24 bits per heavy atom. The van der Waals surface area contributed by atoms with Gasteiger partial charge < -0.3 is 10.0 Å². The van der Waals surface area contributed by atoms with Crippen LogP contribution in [0.4, 0.5) is 0 Å². The second-order valence-corrected chi connectivity index (χ2v) is 7.43. The van der Waals surface area contributed by atoms with Crippen molar-refractivity contribution in [3.05, 3.63) is 48.0 Å². The number of fused-ring (bicyclic) bond motifs is 2. The highest BCUT2D eigenvalue weighted by molar-refractivity contribution is 5.87. The van der Waals surface area contributed by atoms with Crippen molar-refractivity contribution in [2.24, 2.45) is 23.7 Å². The van der Waals surface area contributed by atoms with Crippen LogP contribution in [0.1, 0.15) is 12.0 Å². The Bertz CT molecular complexity index is 679. The first-order chi connectivity index (χ1) is 12.1. The maximum absolute atomic E-state index is 13.0. The molecule has 25 heavy (non-hydrogen) atoms. The molecule has 1 N–H and O–H groups in total. The standard InChI is InChI=1S/C20H24N2O3/c23-19(17-15-6-7-16(12-15)18(17)20(24)25)22-10-8-21(9-11-22)13-14-4-2-1-3-5-14/h1-7,15-18H,8-13H2,(H,24,25)/t15-,16+,17+,18-/m0/s1. The van der Waals surface area contributed by atoms with Crippen LogP contribution in [0.5, 0.6) is 0 Å². The summed E-state index contributed by atoms with van der Waals surface area (Å²) in [6.45, 7) is 3.97. The van der Waals surface area contributed by atoms with Gasteiger partial charge in [0.2, 0.25) is 5.91 Å². The molecule has 1 amide bonds. The lowest BCUT2D eigenvalue weighted by Crippen LogP contribution is -2.52. The molecule has 0 unspecified atom stereocenters. The van der Waals surface area contributed by atoms with E-state index in [0.717, 1.165) is 26.1 Å². The molecule has 1 saturated heterocycles. The maximum Gasteiger partial charge on any atom is 0.307 e. The quantitative estimate of drug-likeness (QED) is 0.850. The molecule has 0 aromatic heterocycles. The third-order valence-corrected chi connectivity index (χ3v) is 5.96. The number of amides is 1. The molecule has 5 heteroatoms. The molecule has 4 rings (SSSR count). The van der Waals surface area contributed by atoms with E-state index < -0.39 is 11.9 Å². The Morgan fingerprint density at radius 1 is 0.960 bits per heavy atom. The summed E-state index contributed by atoms with van der Waals surface area (Å²) in [5.41, 5.74) is 1.28. The number of nitrogens with zero attached hydrogens (tertiary/aromatic N) is 2. The smallest absolute Gasteiger partial charge is 0.307 e. The summed E-state index contributed by atoms with van der Waals surface area (Å²) < 4.78 is 0. The minimum Gasteiger partial charge on any atom is -0.481 e. The summed E-state index contributed by atoms with van der Waals surface area (Å²) in [4.78, 5) is 28.9. The monoisotopic (exact) mass is 340 g/mol. The average molecular weight is 340 g/mol. The van der Waals surface area contributed by atoms with Crippen molar-refractivity contribution >= 4 is 11.9 Å². The van der Waals surface area contributed by atoms with Gasteiger partial charge in [0.1, 0.15) is 0 Å². The fourth-order valence-electron chi connectivity index (χ4n) is 4.67. The van der Waals surface area contributed by atoms with E-state index in [9.17, 15) is 14.7 Å². The van der Waals surface area contributed by atoms with Crippen LogP contribution < -0.4 is 0 Å². The second-order valence-electron chi connectivity index (χ2n) is 7.43. The summed E-state index contributed by atoms with van der Waals surface area (Å²) in [7, 11) is 0. The molecule has 4 atom stereocenters. The van der Waals surface area contributed by atoms with Crippen molar-refractivity contribution in [2.75, 3.05) is 26.2 Å². The molecule has 1 heterocycles. The number of rotatable bonds is 4. The first-order valence-electron chi connectivity index (χ1n) is 9.09. The Balaban J connectivity index is 1.37. The molecule has 2 aliphatic carbocycles. The minimum atomic E-state index is -0.821. The van der Waals surface area contributed by atoms with E-state index in [-0.39, 0.29) is 23.7 Å². The molecule has 1 aromatic rings. The lowest BCUT2D eigenvalue weighted by molar-refractivity contribution is -0.151. The fourth-order valence-corrected chi connectivity index (χ4v) is 4.67. The van der Waals surface area contributed by atoms with Crippen LogP contribution in [0.3, 0.4) is 0 Å². The van der Waals surface area contributed by atoms with Crippen LogP contribution in [-0.2, 0) is 16.1 Å². The fraction of sp³-hybridized carbons (Fsp3) is 0.500. The molecule has 1 aromatic carbocycles. The van der Waals surface area contributed by atoms with Crippen molar-refractivity contribution in [3.8, 4) is 0 Å². The van der Waals surface area contributed by atoms with Gasteiger partial charge in [-0.3, -0.25) is 14.5 Å². The van der Waals surface area contributed by atoms with E-state index in [1.165, 1.54) is 5.56 Å². The number of carbonyl (C=O) groups is 2. The zero-order chi connectivity index (χ0) is 17.4. The first-order valence-corrected chi connectivity index (χ1v) is 9.09. The van der Waals surface area contributed by atoms with Gasteiger partial charge in [-0.2, -0.15) is 0 Å². The summed E-state index contributed by atoms with van der Waals surface area (Å²) >= 11 is 0. The third-order valence-electron chi connectivity index (χ3n) is 5.96. The van der Waals surface area contributed by atoms with Crippen LogP contribution in [0, 0.1) is 23.7 Å². The van der Waals surface area contributed by atoms with Gasteiger partial charge in [-0.05, 0) is 23.8 Å². The van der Waals surface area contributed by atoms with Gasteiger partial charge in [0.25, 0.3) is 0 Å². The van der Waals surface area contributed by atoms with Crippen molar-refractivity contribution in [1.82, 2.24) is 9.80 Å². The van der Waals surface area contributed by atoms with E-state index in [4.69, 9.17) is 0 Å². The molecular formula is C20H24N2O3. The SMILES string of the molecule is O=C(O)[C@@H]1[C@H](C(=O)N2CCN(Cc3ccccc3)CC2)[C@H]2C=C[C@@H]1C2. The minimum absolute atomic E-state index is 0.0378. The number of carboxylic acid groups (broad SMARTS) is 1. The van der Waals surface area contributed by atoms with Gasteiger partial charge >= 0.3 is 5.97 Å². The predicted octanol–water partition coefficient (Wildman–Crippen LogP) is 1.85. The van der Waals surface area contributed by atoms with Crippen molar-refractivity contribution in [2.45, 2.75) is 13.0 Å². The number of carboxylic acids is 1. The number of carbonyl (C=O) groups excluding carboxylic acids is 1. The number of hydrogen-bond acceptors (Lipinski definition) is 3. The molecule has 0 radical (unpaired) electrons. The van der Waals surface area contributed by atoms with E-state index >= 15 is 0 Å². The van der Waals surface area contributed by atoms with Gasteiger partial charge in [-0.15, -0.1) is 0 Å². The number of benzene rings is 1. The predicted molar refractivity (Wildman–Crippen MR) is 93.7 cm³/mol. The Kier molecular flexibility index (Phi) is 4.34. The zero-order valence-electron chi connectivity index (χ0n) is 14.3. The van der Waals surface area contributed by atoms with Crippen molar-refractivity contribution < 1.29 is 14.7 Å². The van der Waals surface area contributed by atoms with E-state index in [2.05, 4.69) is 23.1 Å². The van der Waals surface area contributed by atoms with Crippen LogP contribution in [0.25, 0.3) is 0 Å². The molecule has 2 fully saturated rings. The lowest BCUT2D eigenvalue weighted by Gasteiger charge is -2.37. The molecule has 2 bridgehead atoms.